The third kappa shape index (κ3) is 5.82. The zero-order valence-corrected chi connectivity index (χ0v) is 16.5. The average molecular weight is 430 g/mol. The summed E-state index contributed by atoms with van der Waals surface area (Å²) in [5.41, 5.74) is -0.892. The summed E-state index contributed by atoms with van der Waals surface area (Å²) in [5, 5.41) is 7.16. The molecule has 0 saturated carbocycles. The molecule has 0 aromatic carbocycles. The standard InChI is InChI=1S/C17H21F3N6O2S/c1-12(27)2-5-25-11-15(10-23-25)29(28)26-6-3-14(4-7-26)24-16-21-8-13(9-22-16)17(18,19)20/h8-11,14H,2-7H2,1H3,(H,21,22,24). The van der Waals surface area contributed by atoms with Crippen molar-refractivity contribution in [1.29, 1.82) is 0 Å². The van der Waals surface area contributed by atoms with E-state index in [1.54, 1.807) is 10.9 Å². The van der Waals surface area contributed by atoms with Crippen LogP contribution in [0.1, 0.15) is 31.7 Å². The summed E-state index contributed by atoms with van der Waals surface area (Å²) in [4.78, 5) is 19.1. The van der Waals surface area contributed by atoms with E-state index in [4.69, 9.17) is 0 Å². The molecular weight excluding hydrogens is 409 g/mol. The van der Waals surface area contributed by atoms with E-state index < -0.39 is 22.7 Å². The van der Waals surface area contributed by atoms with E-state index in [-0.39, 0.29) is 17.8 Å². The fourth-order valence-electron chi connectivity index (χ4n) is 2.88. The number of carbonyl (C=O) groups is 1. The van der Waals surface area contributed by atoms with Crippen LogP contribution in [0.2, 0.25) is 0 Å². The van der Waals surface area contributed by atoms with Gasteiger partial charge in [-0.1, -0.05) is 0 Å². The van der Waals surface area contributed by atoms with E-state index in [1.807, 2.05) is 4.31 Å². The maximum absolute atomic E-state index is 12.7. The lowest BCUT2D eigenvalue weighted by atomic mass is 10.1. The minimum Gasteiger partial charge on any atom is -0.351 e. The second-order valence-electron chi connectivity index (χ2n) is 6.78. The Bertz CT molecular complexity index is 863. The Kier molecular flexibility index (Phi) is 6.63. The molecule has 3 rings (SSSR count). The summed E-state index contributed by atoms with van der Waals surface area (Å²) >= 11 is 0. The molecule has 1 aliphatic heterocycles. The molecule has 29 heavy (non-hydrogen) atoms. The van der Waals surface area contributed by atoms with Gasteiger partial charge in [-0.25, -0.2) is 18.5 Å². The van der Waals surface area contributed by atoms with Gasteiger partial charge in [0.1, 0.15) is 16.8 Å². The van der Waals surface area contributed by atoms with E-state index in [0.717, 1.165) is 12.4 Å². The van der Waals surface area contributed by atoms with Crippen molar-refractivity contribution in [2.24, 2.45) is 0 Å². The molecule has 3 heterocycles. The number of halogens is 3. The van der Waals surface area contributed by atoms with Crippen LogP contribution >= 0.6 is 0 Å². The van der Waals surface area contributed by atoms with E-state index in [2.05, 4.69) is 20.4 Å². The molecule has 1 saturated heterocycles. The number of hydrogen-bond acceptors (Lipinski definition) is 6. The van der Waals surface area contributed by atoms with Gasteiger partial charge in [0.05, 0.1) is 16.7 Å². The summed E-state index contributed by atoms with van der Waals surface area (Å²) < 4.78 is 53.8. The lowest BCUT2D eigenvalue weighted by Crippen LogP contribution is -2.40. The van der Waals surface area contributed by atoms with Crippen molar-refractivity contribution < 1.29 is 22.2 Å². The molecule has 8 nitrogen and oxygen atoms in total. The molecule has 1 unspecified atom stereocenters. The molecule has 1 N–H and O–H groups in total. The smallest absolute Gasteiger partial charge is 0.351 e. The molecule has 0 aliphatic carbocycles. The summed E-state index contributed by atoms with van der Waals surface area (Å²) in [5.74, 6) is 0.207. The van der Waals surface area contributed by atoms with Crippen molar-refractivity contribution in [1.82, 2.24) is 24.1 Å². The van der Waals surface area contributed by atoms with Gasteiger partial charge >= 0.3 is 6.18 Å². The third-order valence-electron chi connectivity index (χ3n) is 4.50. The zero-order valence-electron chi connectivity index (χ0n) is 15.7. The number of hydrogen-bond donors (Lipinski definition) is 1. The second kappa shape index (κ2) is 8.99. The highest BCUT2D eigenvalue weighted by molar-refractivity contribution is 7.82. The first-order chi connectivity index (χ1) is 13.7. The molecule has 0 bridgehead atoms. The number of rotatable bonds is 7. The van der Waals surface area contributed by atoms with Crippen LogP contribution < -0.4 is 5.32 Å². The molecule has 1 atom stereocenters. The highest BCUT2D eigenvalue weighted by atomic mass is 32.2. The van der Waals surface area contributed by atoms with Gasteiger partial charge < -0.3 is 5.32 Å². The number of nitrogens with one attached hydrogen (secondary N) is 1. The topological polar surface area (TPSA) is 93.0 Å². The first-order valence-electron chi connectivity index (χ1n) is 9.07. The van der Waals surface area contributed by atoms with Crippen LogP contribution in [-0.2, 0) is 28.5 Å². The van der Waals surface area contributed by atoms with Gasteiger partial charge in [0, 0.05) is 50.7 Å². The SMILES string of the molecule is CC(=O)CCn1cc(S(=O)N2CCC(Nc3ncc(C(F)(F)F)cn3)CC2)cn1. The van der Waals surface area contributed by atoms with Crippen LogP contribution in [0.25, 0.3) is 0 Å². The van der Waals surface area contributed by atoms with Gasteiger partial charge in [0.25, 0.3) is 0 Å². The number of nitrogens with zero attached hydrogens (tertiary/aromatic N) is 5. The van der Waals surface area contributed by atoms with Crippen molar-refractivity contribution in [2.45, 2.75) is 49.8 Å². The number of alkyl halides is 3. The molecular formula is C17H21F3N6O2S. The van der Waals surface area contributed by atoms with Gasteiger partial charge in [0.15, 0.2) is 0 Å². The number of piperidine rings is 1. The summed E-state index contributed by atoms with van der Waals surface area (Å²) in [6, 6.07) is -0.0155. The fourth-order valence-corrected chi connectivity index (χ4v) is 4.07. The Labute approximate surface area is 168 Å². The molecule has 1 fully saturated rings. The quantitative estimate of drug-likeness (QED) is 0.725. The fraction of sp³-hybridized carbons (Fsp3) is 0.529. The molecule has 0 amide bonds. The lowest BCUT2D eigenvalue weighted by Gasteiger charge is -2.30. The number of anilines is 1. The maximum atomic E-state index is 12.7. The molecule has 12 heteroatoms. The van der Waals surface area contributed by atoms with Crippen molar-refractivity contribution >= 4 is 22.7 Å². The summed E-state index contributed by atoms with van der Waals surface area (Å²) in [6.07, 6.45) is 1.93. The number of aryl methyl sites for hydroxylation is 1. The van der Waals surface area contributed by atoms with Crippen LogP contribution in [0.5, 0.6) is 0 Å². The van der Waals surface area contributed by atoms with E-state index in [0.29, 0.717) is 43.8 Å². The van der Waals surface area contributed by atoms with E-state index in [1.165, 1.54) is 13.1 Å². The molecule has 0 spiro atoms. The Morgan fingerprint density at radius 1 is 1.24 bits per heavy atom. The first kappa shape index (κ1) is 21.4. The van der Waals surface area contributed by atoms with E-state index >= 15 is 0 Å². The van der Waals surface area contributed by atoms with Gasteiger partial charge in [-0.15, -0.1) is 0 Å². The first-order valence-corrected chi connectivity index (χ1v) is 10.2. The second-order valence-corrected chi connectivity index (χ2v) is 8.27. The van der Waals surface area contributed by atoms with Gasteiger partial charge in [-0.2, -0.15) is 18.3 Å². The predicted molar refractivity (Wildman–Crippen MR) is 99.2 cm³/mol. The van der Waals surface area contributed by atoms with Crippen LogP contribution in [0.4, 0.5) is 19.1 Å². The van der Waals surface area contributed by atoms with Crippen LogP contribution in [0.15, 0.2) is 29.7 Å². The number of carbonyl (C=O) groups excluding carboxylic acids is 1. The Morgan fingerprint density at radius 3 is 2.48 bits per heavy atom. The van der Waals surface area contributed by atoms with Crippen molar-refractivity contribution in [2.75, 3.05) is 18.4 Å². The Balaban J connectivity index is 1.50. The molecule has 158 valence electrons. The Hall–Kier alpha value is -2.34. The van der Waals surface area contributed by atoms with Crippen molar-refractivity contribution in [3.05, 3.63) is 30.4 Å². The maximum Gasteiger partial charge on any atom is 0.419 e. The van der Waals surface area contributed by atoms with Gasteiger partial charge in [-0.3, -0.25) is 9.48 Å². The number of aromatic nitrogens is 4. The van der Waals surface area contributed by atoms with Crippen LogP contribution in [0.3, 0.4) is 0 Å². The normalized spacial score (nSPS) is 17.2. The summed E-state index contributed by atoms with van der Waals surface area (Å²) in [7, 11) is -1.36. The highest BCUT2D eigenvalue weighted by Crippen LogP contribution is 2.28. The lowest BCUT2D eigenvalue weighted by molar-refractivity contribution is -0.138. The van der Waals surface area contributed by atoms with Crippen LogP contribution in [-0.4, -0.2) is 53.2 Å². The largest absolute Gasteiger partial charge is 0.419 e. The highest BCUT2D eigenvalue weighted by Gasteiger charge is 2.31. The monoisotopic (exact) mass is 430 g/mol. The molecule has 1 aliphatic rings. The van der Waals surface area contributed by atoms with Crippen LogP contribution in [0, 0.1) is 0 Å². The average Bonchev–Trinajstić information content (AvgIpc) is 3.15. The van der Waals surface area contributed by atoms with Gasteiger partial charge in [-0.05, 0) is 19.8 Å². The van der Waals surface area contributed by atoms with Crippen molar-refractivity contribution in [3.8, 4) is 0 Å². The minimum absolute atomic E-state index is 0.0155. The van der Waals surface area contributed by atoms with Crippen molar-refractivity contribution in [3.63, 3.8) is 0 Å². The zero-order chi connectivity index (χ0) is 21.0. The number of Topliss-reactive ketones (excluding diaryl/α,β-unsaturated/α-hetero) is 1. The Morgan fingerprint density at radius 2 is 1.90 bits per heavy atom. The molecule has 0 radical (unpaired) electrons. The summed E-state index contributed by atoms with van der Waals surface area (Å²) in [6.45, 7) is 3.05. The minimum atomic E-state index is -4.46. The molecule has 2 aromatic rings. The van der Waals surface area contributed by atoms with Gasteiger partial charge in [0.2, 0.25) is 5.95 Å². The predicted octanol–water partition coefficient (Wildman–Crippen LogP) is 2.27. The third-order valence-corrected chi connectivity index (χ3v) is 5.95. The van der Waals surface area contributed by atoms with E-state index in [9.17, 15) is 22.2 Å². The molecule has 2 aromatic heterocycles. The number of ketones is 1.